The lowest BCUT2D eigenvalue weighted by molar-refractivity contribution is -0.112. The Morgan fingerprint density at radius 2 is 1.80 bits per heavy atom. The Balaban J connectivity index is 1.53. The number of nitrogens with one attached hydrogen (secondary N) is 1. The molecule has 0 bridgehead atoms. The van der Waals surface area contributed by atoms with E-state index in [0.29, 0.717) is 33.8 Å². The maximum absolute atomic E-state index is 12.6. The quantitative estimate of drug-likeness (QED) is 0.163. The Morgan fingerprint density at radius 3 is 2.51 bits per heavy atom. The number of nitrogens with zero attached hydrogens (tertiary/aromatic N) is 1. The molecule has 4 rings (SSSR count). The second-order valence-corrected chi connectivity index (χ2v) is 8.53. The molecule has 0 saturated carbocycles. The van der Waals surface area contributed by atoms with Gasteiger partial charge in [0, 0.05) is 5.69 Å². The van der Waals surface area contributed by atoms with Gasteiger partial charge in [0.2, 0.25) is 0 Å². The summed E-state index contributed by atoms with van der Waals surface area (Å²) >= 11 is 3.52. The van der Waals surface area contributed by atoms with E-state index in [1.54, 1.807) is 24.3 Å². The second kappa shape index (κ2) is 10.8. The van der Waals surface area contributed by atoms with Crippen LogP contribution in [0.4, 0.5) is 5.69 Å². The highest BCUT2D eigenvalue weighted by molar-refractivity contribution is 9.10. The highest BCUT2D eigenvalue weighted by Crippen LogP contribution is 2.38. The number of nitriles is 1. The van der Waals surface area contributed by atoms with Crippen LogP contribution in [0.2, 0.25) is 0 Å². The van der Waals surface area contributed by atoms with Gasteiger partial charge in [-0.15, -0.1) is 0 Å². The molecular weight excluding hydrogens is 508 g/mol. The van der Waals surface area contributed by atoms with Crippen LogP contribution < -0.4 is 14.8 Å². The standard InChI is InChI=1S/C28H21BrN2O4/c1-34-26-15-19(13-22(16-30)28(33)31-23-8-10-24(32)11-9-23)14-25(29)27(26)35-17-18-6-7-20-4-2-3-5-21(20)12-18/h2-15,32H,17H2,1H3,(H,31,33)/b22-13+. The van der Waals surface area contributed by atoms with Gasteiger partial charge in [-0.05, 0) is 86.4 Å². The minimum absolute atomic E-state index is 0.0823. The molecule has 0 heterocycles. The summed E-state index contributed by atoms with van der Waals surface area (Å²) in [5, 5.41) is 23.8. The van der Waals surface area contributed by atoms with Crippen LogP contribution in [0.15, 0.2) is 88.9 Å². The van der Waals surface area contributed by atoms with E-state index in [0.717, 1.165) is 16.3 Å². The predicted molar refractivity (Wildman–Crippen MR) is 139 cm³/mol. The Bertz CT molecular complexity index is 1460. The number of hydrogen-bond donors (Lipinski definition) is 2. The van der Waals surface area contributed by atoms with Crippen LogP contribution in [0, 0.1) is 11.3 Å². The van der Waals surface area contributed by atoms with Crippen LogP contribution in [0.1, 0.15) is 11.1 Å². The number of aromatic hydroxyl groups is 1. The molecule has 0 spiro atoms. The lowest BCUT2D eigenvalue weighted by atomic mass is 10.1. The summed E-state index contributed by atoms with van der Waals surface area (Å²) in [6.07, 6.45) is 1.47. The fourth-order valence-electron chi connectivity index (χ4n) is 3.51. The predicted octanol–water partition coefficient (Wildman–Crippen LogP) is 6.44. The number of rotatable bonds is 7. The number of carbonyl (C=O) groups excluding carboxylic acids is 1. The molecule has 6 nitrogen and oxygen atoms in total. The van der Waals surface area contributed by atoms with Crippen molar-refractivity contribution in [1.29, 1.82) is 5.26 Å². The van der Waals surface area contributed by atoms with Crippen molar-refractivity contribution < 1.29 is 19.4 Å². The second-order valence-electron chi connectivity index (χ2n) is 7.68. The number of fused-ring (bicyclic) bond motifs is 1. The van der Waals surface area contributed by atoms with Crippen molar-refractivity contribution in [2.45, 2.75) is 6.61 Å². The van der Waals surface area contributed by atoms with Crippen molar-refractivity contribution in [3.05, 3.63) is 100 Å². The molecule has 0 aliphatic carbocycles. The van der Waals surface area contributed by atoms with Gasteiger partial charge in [-0.1, -0.05) is 36.4 Å². The van der Waals surface area contributed by atoms with Crippen molar-refractivity contribution in [3.8, 4) is 23.3 Å². The molecule has 0 saturated heterocycles. The van der Waals surface area contributed by atoms with Gasteiger partial charge in [-0.3, -0.25) is 4.79 Å². The Kier molecular flexibility index (Phi) is 7.34. The molecule has 0 fully saturated rings. The third-order valence-electron chi connectivity index (χ3n) is 5.25. The number of benzene rings is 4. The summed E-state index contributed by atoms with van der Waals surface area (Å²) in [5.74, 6) is 0.497. The Hall–Kier alpha value is -4.28. The van der Waals surface area contributed by atoms with Gasteiger partial charge in [0.1, 0.15) is 24.0 Å². The number of ether oxygens (including phenoxy) is 2. The van der Waals surface area contributed by atoms with E-state index in [-0.39, 0.29) is 11.3 Å². The van der Waals surface area contributed by atoms with Crippen molar-refractivity contribution in [3.63, 3.8) is 0 Å². The molecule has 1 amide bonds. The molecule has 2 N–H and O–H groups in total. The van der Waals surface area contributed by atoms with Gasteiger partial charge >= 0.3 is 0 Å². The number of carbonyl (C=O) groups is 1. The Morgan fingerprint density at radius 1 is 1.06 bits per heavy atom. The lowest BCUT2D eigenvalue weighted by Crippen LogP contribution is -2.13. The van der Waals surface area contributed by atoms with E-state index in [9.17, 15) is 15.2 Å². The van der Waals surface area contributed by atoms with E-state index in [1.807, 2.05) is 24.3 Å². The topological polar surface area (TPSA) is 91.6 Å². The summed E-state index contributed by atoms with van der Waals surface area (Å²) < 4.78 is 12.2. The number of phenolic OH excluding ortho intramolecular Hbond substituents is 1. The third-order valence-corrected chi connectivity index (χ3v) is 5.84. The molecule has 0 atom stereocenters. The first-order valence-electron chi connectivity index (χ1n) is 10.7. The molecule has 0 radical (unpaired) electrons. The maximum Gasteiger partial charge on any atom is 0.266 e. The van der Waals surface area contributed by atoms with Crippen molar-refractivity contribution >= 4 is 44.4 Å². The van der Waals surface area contributed by atoms with E-state index in [2.05, 4.69) is 45.5 Å². The van der Waals surface area contributed by atoms with Gasteiger partial charge in [0.25, 0.3) is 5.91 Å². The molecule has 0 aliphatic heterocycles. The zero-order valence-corrected chi connectivity index (χ0v) is 20.4. The van der Waals surface area contributed by atoms with Crippen molar-refractivity contribution in [2.75, 3.05) is 12.4 Å². The number of phenols is 1. The zero-order valence-electron chi connectivity index (χ0n) is 18.8. The SMILES string of the molecule is COc1cc(/C=C(\C#N)C(=O)Nc2ccc(O)cc2)cc(Br)c1OCc1ccc2ccccc2c1. The minimum Gasteiger partial charge on any atom is -0.508 e. The van der Waals surface area contributed by atoms with Gasteiger partial charge in [0.05, 0.1) is 11.6 Å². The summed E-state index contributed by atoms with van der Waals surface area (Å²) in [7, 11) is 1.53. The van der Waals surface area contributed by atoms with E-state index >= 15 is 0 Å². The molecule has 7 heteroatoms. The number of methoxy groups -OCH3 is 1. The highest BCUT2D eigenvalue weighted by Gasteiger charge is 2.14. The number of hydrogen-bond acceptors (Lipinski definition) is 5. The lowest BCUT2D eigenvalue weighted by Gasteiger charge is -2.14. The van der Waals surface area contributed by atoms with Crippen molar-refractivity contribution in [2.24, 2.45) is 0 Å². The van der Waals surface area contributed by atoms with Crippen LogP contribution >= 0.6 is 15.9 Å². The summed E-state index contributed by atoms with van der Waals surface area (Å²) in [6.45, 7) is 0.341. The smallest absolute Gasteiger partial charge is 0.266 e. The molecule has 4 aromatic rings. The molecule has 0 aliphatic rings. The average molecular weight is 529 g/mol. The highest BCUT2D eigenvalue weighted by atomic mass is 79.9. The normalized spacial score (nSPS) is 11.1. The van der Waals surface area contributed by atoms with E-state index < -0.39 is 5.91 Å². The minimum atomic E-state index is -0.565. The van der Waals surface area contributed by atoms with Gasteiger partial charge < -0.3 is 19.9 Å². The van der Waals surface area contributed by atoms with Gasteiger partial charge in [-0.25, -0.2) is 0 Å². The van der Waals surface area contributed by atoms with Crippen LogP contribution in [-0.2, 0) is 11.4 Å². The number of halogens is 1. The van der Waals surface area contributed by atoms with Gasteiger partial charge in [0.15, 0.2) is 11.5 Å². The average Bonchev–Trinajstić information content (AvgIpc) is 2.87. The van der Waals surface area contributed by atoms with Crippen LogP contribution in [-0.4, -0.2) is 18.1 Å². The van der Waals surface area contributed by atoms with Crippen LogP contribution in [0.25, 0.3) is 16.8 Å². The number of amides is 1. The molecular formula is C28H21BrN2O4. The van der Waals surface area contributed by atoms with Crippen LogP contribution in [0.3, 0.4) is 0 Å². The van der Waals surface area contributed by atoms with Crippen molar-refractivity contribution in [1.82, 2.24) is 0 Å². The summed E-state index contributed by atoms with van der Waals surface area (Å²) in [5.41, 5.74) is 1.98. The van der Waals surface area contributed by atoms with Gasteiger partial charge in [-0.2, -0.15) is 5.26 Å². The van der Waals surface area contributed by atoms with E-state index in [4.69, 9.17) is 9.47 Å². The molecule has 174 valence electrons. The third kappa shape index (κ3) is 5.81. The van der Waals surface area contributed by atoms with Crippen LogP contribution in [0.5, 0.6) is 17.2 Å². The molecule has 0 aromatic heterocycles. The zero-order chi connectivity index (χ0) is 24.8. The first-order chi connectivity index (χ1) is 17.0. The summed E-state index contributed by atoms with van der Waals surface area (Å²) in [6, 6.07) is 25.6. The molecule has 4 aromatic carbocycles. The molecule has 35 heavy (non-hydrogen) atoms. The largest absolute Gasteiger partial charge is 0.508 e. The first kappa shape index (κ1) is 23.9. The monoisotopic (exact) mass is 528 g/mol. The summed E-state index contributed by atoms with van der Waals surface area (Å²) in [4.78, 5) is 12.6. The molecule has 0 unspecified atom stereocenters. The first-order valence-corrected chi connectivity index (χ1v) is 11.5. The maximum atomic E-state index is 12.6. The Labute approximate surface area is 211 Å². The fraction of sp³-hybridized carbons (Fsp3) is 0.0714. The fourth-order valence-corrected chi connectivity index (χ4v) is 4.08. The number of anilines is 1. The van der Waals surface area contributed by atoms with E-state index in [1.165, 1.54) is 25.3 Å².